The molecule has 0 aromatic heterocycles. The number of hydrogen-bond donors (Lipinski definition) is 3. The van der Waals surface area contributed by atoms with Crippen LogP contribution in [0.4, 0.5) is 0 Å². The van der Waals surface area contributed by atoms with E-state index in [9.17, 15) is 0 Å². The second-order valence-corrected chi connectivity index (χ2v) is 33.8. The van der Waals surface area contributed by atoms with Crippen molar-refractivity contribution in [1.82, 2.24) is 15.1 Å². The fourth-order valence-corrected chi connectivity index (χ4v) is 30.5. The van der Waals surface area contributed by atoms with E-state index in [1.165, 1.54) is 0 Å². The molecular weight excluding hydrogens is 668 g/mol. The average molecular weight is 730 g/mol. The number of nitrogens with one attached hydrogen (secondary N) is 1. The summed E-state index contributed by atoms with van der Waals surface area (Å²) in [5.41, 5.74) is 5.66. The van der Waals surface area contributed by atoms with Crippen molar-refractivity contribution in [3.63, 3.8) is 0 Å². The highest BCUT2D eigenvalue weighted by Crippen LogP contribution is 2.31. The first-order valence-corrected chi connectivity index (χ1v) is 31.5. The van der Waals surface area contributed by atoms with Gasteiger partial charge in [0.2, 0.25) is 0 Å². The number of ether oxygens (including phenoxy) is 2. The lowest BCUT2D eigenvalue weighted by Gasteiger charge is -2.48. The van der Waals surface area contributed by atoms with Crippen LogP contribution >= 0.6 is 0 Å². The van der Waals surface area contributed by atoms with Crippen LogP contribution in [0.5, 0.6) is 0 Å². The highest BCUT2D eigenvalue weighted by Gasteiger charge is 2.57. The maximum absolute atomic E-state index is 7.67. The number of nitrogens with zero attached hydrogens (tertiary/aromatic N) is 2. The minimum atomic E-state index is -3.60. The molecule has 20 heteroatoms. The predicted octanol–water partition coefficient (Wildman–Crippen LogP) is 0.746. The van der Waals surface area contributed by atoms with Gasteiger partial charge in [-0.2, -0.15) is 0 Å². The van der Waals surface area contributed by atoms with Gasteiger partial charge in [0.25, 0.3) is 0 Å². The van der Waals surface area contributed by atoms with Crippen molar-refractivity contribution in [1.29, 1.82) is 1.43 Å². The van der Waals surface area contributed by atoms with Gasteiger partial charge in [-0.1, -0.05) is 13.1 Å². The summed E-state index contributed by atoms with van der Waals surface area (Å²) in [6, 6.07) is 0.697. The third-order valence-electron chi connectivity index (χ3n) is 6.99. The Bertz CT molecular complexity index is 868. The van der Waals surface area contributed by atoms with Gasteiger partial charge < -0.3 is 50.3 Å². The van der Waals surface area contributed by atoms with E-state index >= 15 is 0 Å². The summed E-state index contributed by atoms with van der Waals surface area (Å²) in [7, 11) is -9.49. The highest BCUT2D eigenvalue weighted by molar-refractivity contribution is 7.14. The zero-order valence-electron chi connectivity index (χ0n) is 29.8. The molecule has 2 heterocycles. The minimum Gasteiger partial charge on any atom is -0.424 e. The lowest BCUT2D eigenvalue weighted by atomic mass is 10.5. The molecule has 0 saturated carbocycles. The summed E-state index contributed by atoms with van der Waals surface area (Å²) in [5.74, 6) is 0. The van der Waals surface area contributed by atoms with Crippen LogP contribution in [-0.2, 0) is 34.5 Å². The van der Waals surface area contributed by atoms with E-state index in [0.29, 0.717) is 51.4 Å². The molecule has 2 fully saturated rings. The van der Waals surface area contributed by atoms with E-state index in [1.54, 1.807) is 7.11 Å². The Balaban J connectivity index is 2.46. The third kappa shape index (κ3) is 16.3. The Hall–Kier alpha value is 0.846. The molecule has 2 aliphatic rings. The Morgan fingerprint density at radius 1 is 0.795 bits per heavy atom. The zero-order valence-corrected chi connectivity index (χ0v) is 34.8. The summed E-state index contributed by atoms with van der Waals surface area (Å²) in [5, 5.41) is 3.35. The summed E-state index contributed by atoms with van der Waals surface area (Å²) in [6.07, 6.45) is 1.94. The lowest BCUT2D eigenvalue weighted by molar-refractivity contribution is 0.0338. The largest absolute Gasteiger partial charge is 0.487 e. The molecule has 2 radical (unpaired) electrons. The Morgan fingerprint density at radius 2 is 1.36 bits per heavy atom. The van der Waals surface area contributed by atoms with Gasteiger partial charge in [-0.25, -0.2) is 0 Å². The second kappa shape index (κ2) is 18.0. The van der Waals surface area contributed by atoms with Crippen molar-refractivity contribution in [3.8, 4) is 0 Å². The molecule has 2 saturated heterocycles. The SMILES string of the molecule is [2H]O[Si](C)(C)O[Si](C)(CCCNCCN)O[Si](C)(C)O[Si](CN1CCOCC1)(O[Si]([B])(C)C)O[Si](C)(CN1CCOCC1)OC. The van der Waals surface area contributed by atoms with Crippen LogP contribution in [0, 0.1) is 0 Å². The zero-order chi connectivity index (χ0) is 33.8. The van der Waals surface area contributed by atoms with Crippen molar-refractivity contribution in [2.75, 3.05) is 91.7 Å². The molecule has 258 valence electrons. The smallest absolute Gasteiger partial charge is 0.424 e. The summed E-state index contributed by atoms with van der Waals surface area (Å²) >= 11 is 0. The second-order valence-electron chi connectivity index (χ2n) is 13.5. The van der Waals surface area contributed by atoms with E-state index in [1.807, 2.05) is 45.8 Å². The Kier molecular flexibility index (Phi) is 16.1. The molecule has 44 heavy (non-hydrogen) atoms. The molecule has 0 amide bonds. The summed E-state index contributed by atoms with van der Waals surface area (Å²) in [4.78, 5) is 9.71. The van der Waals surface area contributed by atoms with Crippen molar-refractivity contribution < 1.29 is 39.3 Å². The average Bonchev–Trinajstić information content (AvgIpc) is 2.91. The van der Waals surface area contributed by atoms with Gasteiger partial charge in [0.05, 0.1) is 40.0 Å². The fourth-order valence-electron chi connectivity index (χ4n) is 5.55. The van der Waals surface area contributed by atoms with Gasteiger partial charge in [0.15, 0.2) is 1.43 Å². The molecule has 3 atom stereocenters. The van der Waals surface area contributed by atoms with Gasteiger partial charge in [0, 0.05) is 52.5 Å². The lowest BCUT2D eigenvalue weighted by Crippen LogP contribution is -2.71. The first-order chi connectivity index (χ1) is 20.9. The van der Waals surface area contributed by atoms with Crippen LogP contribution in [0.2, 0.25) is 58.4 Å². The first-order valence-electron chi connectivity index (χ1n) is 16.3. The standard InChI is InChI=1S/C24H61BN4O9Si6/c1-31-43(9,23-28-14-18-32-19-15-28)38-44(34-39(2,3)25,24-29-16-20-33-21-17-29)37-41(6,7)36-42(8,35-40(4,5)30)22-10-12-27-13-11-26/h27,30H,10-24,26H2,1-9H3/i30D. The van der Waals surface area contributed by atoms with E-state index in [-0.39, 0.29) is 0 Å². The normalized spacial score (nSPS) is 22.6. The van der Waals surface area contributed by atoms with Crippen LogP contribution in [0.25, 0.3) is 0 Å². The number of nitrogens with two attached hydrogens (primary N) is 1. The fraction of sp³-hybridized carbons (Fsp3) is 1.00. The first kappa shape index (κ1) is 39.3. The number of morpholine rings is 2. The molecule has 3 unspecified atom stereocenters. The monoisotopic (exact) mass is 729 g/mol. The maximum atomic E-state index is 7.67. The summed E-state index contributed by atoms with van der Waals surface area (Å²) in [6.45, 7) is 23.6. The number of hydrogen-bond acceptors (Lipinski definition) is 13. The van der Waals surface area contributed by atoms with Crippen molar-refractivity contribution >= 4 is 58.7 Å². The van der Waals surface area contributed by atoms with Crippen LogP contribution in [-0.4, -0.2) is 166 Å². The molecule has 0 bridgehead atoms. The van der Waals surface area contributed by atoms with E-state index in [0.717, 1.165) is 45.7 Å². The van der Waals surface area contributed by atoms with E-state index in [2.05, 4.69) is 21.7 Å². The third-order valence-corrected chi connectivity index (χ3v) is 27.9. The molecule has 0 spiro atoms. The van der Waals surface area contributed by atoms with Crippen molar-refractivity contribution in [3.05, 3.63) is 0 Å². The molecule has 2 rings (SSSR count). The van der Waals surface area contributed by atoms with E-state index < -0.39 is 51.2 Å². The van der Waals surface area contributed by atoms with Gasteiger partial charge in [-0.3, -0.25) is 9.80 Å². The summed E-state index contributed by atoms with van der Waals surface area (Å²) < 4.78 is 60.2. The van der Waals surface area contributed by atoms with Gasteiger partial charge in [-0.05, 0) is 58.3 Å². The quantitative estimate of drug-likeness (QED) is 0.107. The van der Waals surface area contributed by atoms with Crippen LogP contribution in [0.1, 0.15) is 6.42 Å². The van der Waals surface area contributed by atoms with Gasteiger partial charge >= 0.3 is 43.0 Å². The van der Waals surface area contributed by atoms with Crippen molar-refractivity contribution in [2.24, 2.45) is 5.73 Å². The molecule has 4 N–H and O–H groups in total. The van der Waals surface area contributed by atoms with Crippen LogP contribution in [0.3, 0.4) is 0 Å². The van der Waals surface area contributed by atoms with Gasteiger partial charge in [0.1, 0.15) is 8.19 Å². The van der Waals surface area contributed by atoms with Crippen LogP contribution in [0.15, 0.2) is 0 Å². The topological polar surface area (TPSA) is 139 Å². The molecule has 0 aromatic rings. The molecule has 0 aliphatic carbocycles. The maximum Gasteiger partial charge on any atom is 0.487 e. The minimum absolute atomic E-state index is 0.455. The Morgan fingerprint density at radius 3 is 1.86 bits per heavy atom. The number of rotatable bonds is 22. The molecule has 0 aromatic carbocycles. The van der Waals surface area contributed by atoms with E-state index in [4.69, 9.17) is 53.9 Å². The van der Waals surface area contributed by atoms with Gasteiger partial charge in [-0.15, -0.1) is 0 Å². The molecule has 13 nitrogen and oxygen atoms in total. The van der Waals surface area contributed by atoms with Crippen LogP contribution < -0.4 is 11.1 Å². The molecule has 2 aliphatic heterocycles. The molecular formula is C24H61BN4O9Si6. The Labute approximate surface area is 276 Å². The van der Waals surface area contributed by atoms with Crippen molar-refractivity contribution in [2.45, 2.75) is 64.8 Å². The predicted molar refractivity (Wildman–Crippen MR) is 188 cm³/mol. The highest BCUT2D eigenvalue weighted by atomic mass is 28.5.